The van der Waals surface area contributed by atoms with Crippen LogP contribution in [0.15, 0.2) is 24.3 Å². The molecular formula is C51H95NO13. The highest BCUT2D eigenvalue weighted by Crippen LogP contribution is 2.30. The van der Waals surface area contributed by atoms with Crippen LogP contribution in [0.2, 0.25) is 0 Å². The second-order valence-corrected chi connectivity index (χ2v) is 18.7. The molecular weight excluding hydrogens is 835 g/mol. The van der Waals surface area contributed by atoms with Crippen LogP contribution in [0, 0.1) is 0 Å². The zero-order valence-corrected chi connectivity index (χ0v) is 40.5. The summed E-state index contributed by atoms with van der Waals surface area (Å²) >= 11 is 0. The molecule has 2 aliphatic rings. The van der Waals surface area contributed by atoms with Crippen LogP contribution >= 0.6 is 0 Å². The third-order valence-corrected chi connectivity index (χ3v) is 12.9. The summed E-state index contributed by atoms with van der Waals surface area (Å²) in [7, 11) is 0. The van der Waals surface area contributed by atoms with E-state index in [1.165, 1.54) is 116 Å². The molecule has 382 valence electrons. The number of carbonyl (C=O) groups is 1. The van der Waals surface area contributed by atoms with Crippen molar-refractivity contribution in [2.75, 3.05) is 19.8 Å². The van der Waals surface area contributed by atoms with E-state index in [1.807, 2.05) is 0 Å². The highest BCUT2D eigenvalue weighted by atomic mass is 16.7. The van der Waals surface area contributed by atoms with Gasteiger partial charge in [0.05, 0.1) is 32.0 Å². The molecule has 12 atom stereocenters. The maximum Gasteiger partial charge on any atom is 0.220 e. The number of hydrogen-bond donors (Lipinski definition) is 9. The fraction of sp³-hybridized carbons (Fsp3) is 0.902. The predicted molar refractivity (Wildman–Crippen MR) is 254 cm³/mol. The van der Waals surface area contributed by atoms with Crippen molar-refractivity contribution in [3.8, 4) is 0 Å². The lowest BCUT2D eigenvalue weighted by Gasteiger charge is -2.46. The van der Waals surface area contributed by atoms with Gasteiger partial charge in [0.2, 0.25) is 5.91 Å². The Morgan fingerprint density at radius 1 is 0.554 bits per heavy atom. The molecule has 2 fully saturated rings. The number of aliphatic hydroxyl groups is 8. The molecule has 0 aromatic rings. The fourth-order valence-electron chi connectivity index (χ4n) is 8.62. The van der Waals surface area contributed by atoms with Crippen molar-refractivity contribution in [1.29, 1.82) is 0 Å². The van der Waals surface area contributed by atoms with Crippen LogP contribution in [-0.2, 0) is 23.7 Å². The smallest absolute Gasteiger partial charge is 0.220 e. The largest absolute Gasteiger partial charge is 0.394 e. The molecule has 1 amide bonds. The van der Waals surface area contributed by atoms with Gasteiger partial charge in [0.1, 0.15) is 48.8 Å². The Bertz CT molecular complexity index is 1190. The van der Waals surface area contributed by atoms with Gasteiger partial charge in [0.15, 0.2) is 12.6 Å². The van der Waals surface area contributed by atoms with Crippen molar-refractivity contribution in [3.05, 3.63) is 24.3 Å². The molecule has 0 aromatic carbocycles. The van der Waals surface area contributed by atoms with E-state index in [1.54, 1.807) is 0 Å². The minimum atomic E-state index is -1.78. The predicted octanol–water partition coefficient (Wildman–Crippen LogP) is 6.94. The first-order chi connectivity index (χ1) is 31.6. The Hall–Kier alpha value is -1.53. The molecule has 14 nitrogen and oxygen atoms in total. The van der Waals surface area contributed by atoms with E-state index in [-0.39, 0.29) is 12.5 Å². The van der Waals surface area contributed by atoms with Crippen LogP contribution in [0.5, 0.6) is 0 Å². The standard InChI is InChI=1S/C51H95NO13/c1-3-5-7-9-10-11-12-13-14-15-16-17-18-19-20-21-22-23-24-25-26-27-28-29-30-31-33-35-43(56)52-39(40(55)34-32-8-6-4-2)38-62-50-48(61)46(59)49(42(37-54)64-50)65-51-47(60)45(58)44(57)41(36-53)63-51/h12-13,15-16,39-42,44-51,53-55,57-61H,3-11,14,17-38H2,1-2H3,(H,52,56)/b13-12-,16-15-. The summed E-state index contributed by atoms with van der Waals surface area (Å²) in [4.78, 5) is 13.1. The first-order valence-electron chi connectivity index (χ1n) is 26.1. The summed E-state index contributed by atoms with van der Waals surface area (Å²) in [6.45, 7) is 2.71. The number of carbonyl (C=O) groups excluding carboxylic acids is 1. The maximum absolute atomic E-state index is 13.1. The lowest BCUT2D eigenvalue weighted by Crippen LogP contribution is -2.65. The minimum absolute atomic E-state index is 0.216. The Morgan fingerprint density at radius 3 is 1.54 bits per heavy atom. The van der Waals surface area contributed by atoms with Gasteiger partial charge >= 0.3 is 0 Å². The normalized spacial score (nSPS) is 27.2. The number of allylic oxidation sites excluding steroid dienone is 4. The van der Waals surface area contributed by atoms with Gasteiger partial charge in [-0.3, -0.25) is 4.79 Å². The van der Waals surface area contributed by atoms with Crippen molar-refractivity contribution in [1.82, 2.24) is 5.32 Å². The molecule has 14 heteroatoms. The van der Waals surface area contributed by atoms with Crippen LogP contribution in [0.1, 0.15) is 200 Å². The SMILES string of the molecule is CCCCCCC/C=C\C/C=C\CCCCCCCCCCCCCCCCCC(=O)NC(COC1OC(CO)C(OC2OC(CO)C(O)C(O)C2O)C(O)C1O)C(O)CCCCCC. The third kappa shape index (κ3) is 25.6. The lowest BCUT2D eigenvalue weighted by atomic mass is 9.97. The van der Waals surface area contributed by atoms with Gasteiger partial charge in [-0.25, -0.2) is 0 Å². The molecule has 0 aromatic heterocycles. The summed E-state index contributed by atoms with van der Waals surface area (Å²) in [5.74, 6) is -0.216. The van der Waals surface area contributed by atoms with Gasteiger partial charge in [0.25, 0.3) is 0 Å². The Kier molecular flexibility index (Phi) is 35.1. The molecule has 0 aliphatic carbocycles. The van der Waals surface area contributed by atoms with Crippen LogP contribution in [0.4, 0.5) is 0 Å². The topological polar surface area (TPSA) is 228 Å². The van der Waals surface area contributed by atoms with E-state index in [0.29, 0.717) is 12.8 Å². The van der Waals surface area contributed by atoms with Gasteiger partial charge in [-0.2, -0.15) is 0 Å². The molecule has 2 heterocycles. The van der Waals surface area contributed by atoms with Crippen LogP contribution in [0.25, 0.3) is 0 Å². The molecule has 0 radical (unpaired) electrons. The van der Waals surface area contributed by atoms with E-state index < -0.39 is 86.8 Å². The van der Waals surface area contributed by atoms with Gasteiger partial charge in [-0.05, 0) is 44.9 Å². The van der Waals surface area contributed by atoms with E-state index in [4.69, 9.17) is 18.9 Å². The molecule has 9 N–H and O–H groups in total. The average molecular weight is 930 g/mol. The highest BCUT2D eigenvalue weighted by molar-refractivity contribution is 5.76. The molecule has 65 heavy (non-hydrogen) atoms. The van der Waals surface area contributed by atoms with Gasteiger partial charge in [-0.15, -0.1) is 0 Å². The first kappa shape index (κ1) is 59.6. The molecule has 2 saturated heterocycles. The molecule has 2 rings (SSSR count). The molecule has 12 unspecified atom stereocenters. The van der Waals surface area contributed by atoms with Gasteiger partial charge in [-0.1, -0.05) is 173 Å². The summed E-state index contributed by atoms with van der Waals surface area (Å²) in [5.41, 5.74) is 0. The Labute approximate surface area is 392 Å². The quantitative estimate of drug-likeness (QED) is 0.0225. The Balaban J connectivity index is 1.60. The van der Waals surface area contributed by atoms with E-state index in [0.717, 1.165) is 57.8 Å². The Morgan fingerprint density at radius 2 is 1.02 bits per heavy atom. The van der Waals surface area contributed by atoms with E-state index in [9.17, 15) is 45.6 Å². The monoisotopic (exact) mass is 930 g/mol. The molecule has 0 bridgehead atoms. The second kappa shape index (κ2) is 38.3. The first-order valence-corrected chi connectivity index (χ1v) is 26.1. The number of ether oxygens (including phenoxy) is 4. The fourth-order valence-corrected chi connectivity index (χ4v) is 8.62. The number of unbranched alkanes of at least 4 members (excludes halogenated alkanes) is 23. The van der Waals surface area contributed by atoms with Gasteiger partial charge < -0.3 is 65.1 Å². The van der Waals surface area contributed by atoms with E-state index in [2.05, 4.69) is 43.5 Å². The van der Waals surface area contributed by atoms with Crippen molar-refractivity contribution in [3.63, 3.8) is 0 Å². The summed E-state index contributed by atoms with van der Waals surface area (Å²) in [6.07, 6.45) is 25.7. The molecule has 0 spiro atoms. The van der Waals surface area contributed by atoms with E-state index >= 15 is 0 Å². The van der Waals surface area contributed by atoms with Crippen molar-refractivity contribution in [2.45, 2.75) is 274 Å². The number of hydrogen-bond acceptors (Lipinski definition) is 13. The highest BCUT2D eigenvalue weighted by Gasteiger charge is 2.51. The van der Waals surface area contributed by atoms with Crippen LogP contribution < -0.4 is 5.32 Å². The lowest BCUT2D eigenvalue weighted by molar-refractivity contribution is -0.359. The summed E-state index contributed by atoms with van der Waals surface area (Å²) in [5, 5.41) is 86.2. The van der Waals surface area contributed by atoms with Crippen molar-refractivity contribution in [2.24, 2.45) is 0 Å². The number of rotatable bonds is 40. The molecule has 0 saturated carbocycles. The minimum Gasteiger partial charge on any atom is -0.394 e. The number of amides is 1. The van der Waals surface area contributed by atoms with Gasteiger partial charge in [0, 0.05) is 6.42 Å². The summed E-state index contributed by atoms with van der Waals surface area (Å²) in [6, 6.07) is -0.822. The zero-order valence-electron chi connectivity index (χ0n) is 40.5. The number of aliphatic hydroxyl groups excluding tert-OH is 8. The maximum atomic E-state index is 13.1. The van der Waals surface area contributed by atoms with Crippen molar-refractivity contribution < 1.29 is 64.6 Å². The molecule has 2 aliphatic heterocycles. The van der Waals surface area contributed by atoms with Crippen LogP contribution in [0.3, 0.4) is 0 Å². The zero-order chi connectivity index (χ0) is 47.5. The van der Waals surface area contributed by atoms with Crippen molar-refractivity contribution >= 4 is 5.91 Å². The summed E-state index contributed by atoms with van der Waals surface area (Å²) < 4.78 is 22.6. The third-order valence-electron chi connectivity index (χ3n) is 12.9. The average Bonchev–Trinajstić information content (AvgIpc) is 3.30. The second-order valence-electron chi connectivity index (χ2n) is 18.7. The van der Waals surface area contributed by atoms with Crippen LogP contribution in [-0.4, -0.2) is 140 Å². The number of nitrogens with one attached hydrogen (secondary N) is 1.